The molecule has 0 radical (unpaired) electrons. The summed E-state index contributed by atoms with van der Waals surface area (Å²) in [7, 11) is 0. The van der Waals surface area contributed by atoms with Crippen LogP contribution >= 0.6 is 11.6 Å². The molecule has 1 atom stereocenters. The predicted molar refractivity (Wildman–Crippen MR) is 77.7 cm³/mol. The van der Waals surface area contributed by atoms with E-state index < -0.39 is 17.8 Å². The molecule has 0 heterocycles. The summed E-state index contributed by atoms with van der Waals surface area (Å²) in [6.07, 6.45) is -1.32. The summed E-state index contributed by atoms with van der Waals surface area (Å²) >= 11 is 5.72. The molecule has 2 aromatic carbocycles. The number of benzene rings is 2. The molecule has 0 aliphatic heterocycles. The standard InChI is InChI=1S/C15H13ClFNO3/c16-12-7-11(4-5-13(12)19)18-15(21)8-14(20)9-2-1-3-10(17)6-9/h1-7,14,19-20H,8H2,(H,18,21). The van der Waals surface area contributed by atoms with E-state index in [1.54, 1.807) is 6.07 Å². The molecule has 4 nitrogen and oxygen atoms in total. The van der Waals surface area contributed by atoms with Crippen molar-refractivity contribution in [3.63, 3.8) is 0 Å². The van der Waals surface area contributed by atoms with Gasteiger partial charge in [0.05, 0.1) is 17.5 Å². The minimum atomic E-state index is -1.10. The van der Waals surface area contributed by atoms with Gasteiger partial charge in [0.2, 0.25) is 5.91 Å². The minimum absolute atomic E-state index is 0.0885. The Morgan fingerprint density at radius 2 is 2.05 bits per heavy atom. The van der Waals surface area contributed by atoms with E-state index in [9.17, 15) is 19.4 Å². The molecule has 0 bridgehead atoms. The van der Waals surface area contributed by atoms with E-state index in [4.69, 9.17) is 11.6 Å². The number of phenols is 1. The van der Waals surface area contributed by atoms with E-state index in [1.165, 1.54) is 36.4 Å². The maximum atomic E-state index is 13.0. The Kier molecular flexibility index (Phi) is 4.77. The lowest BCUT2D eigenvalue weighted by Gasteiger charge is -2.11. The molecule has 110 valence electrons. The first kappa shape index (κ1) is 15.3. The number of carbonyl (C=O) groups excluding carboxylic acids is 1. The highest BCUT2D eigenvalue weighted by Gasteiger charge is 2.14. The first-order valence-electron chi connectivity index (χ1n) is 6.17. The van der Waals surface area contributed by atoms with Crippen LogP contribution in [0.15, 0.2) is 42.5 Å². The minimum Gasteiger partial charge on any atom is -0.506 e. The van der Waals surface area contributed by atoms with Gasteiger partial charge >= 0.3 is 0 Å². The second kappa shape index (κ2) is 6.56. The molecule has 1 unspecified atom stereocenters. The summed E-state index contributed by atoms with van der Waals surface area (Å²) in [6.45, 7) is 0. The van der Waals surface area contributed by atoms with Crippen LogP contribution in [0.25, 0.3) is 0 Å². The van der Waals surface area contributed by atoms with Crippen LogP contribution in [0.5, 0.6) is 5.75 Å². The summed E-state index contributed by atoms with van der Waals surface area (Å²) in [6, 6.07) is 9.66. The molecule has 0 saturated carbocycles. The average molecular weight is 310 g/mol. The van der Waals surface area contributed by atoms with Crippen LogP contribution in [0.4, 0.5) is 10.1 Å². The zero-order valence-corrected chi connectivity index (χ0v) is 11.6. The van der Waals surface area contributed by atoms with Crippen LogP contribution in [0.2, 0.25) is 5.02 Å². The lowest BCUT2D eigenvalue weighted by atomic mass is 10.1. The fraction of sp³-hybridized carbons (Fsp3) is 0.133. The fourth-order valence-electron chi connectivity index (χ4n) is 1.80. The van der Waals surface area contributed by atoms with Crippen molar-refractivity contribution in [3.8, 4) is 5.75 Å². The van der Waals surface area contributed by atoms with Crippen LogP contribution in [-0.2, 0) is 4.79 Å². The predicted octanol–water partition coefficient (Wildman–Crippen LogP) is 3.25. The Morgan fingerprint density at radius 3 is 2.71 bits per heavy atom. The largest absolute Gasteiger partial charge is 0.506 e. The van der Waals surface area contributed by atoms with Gasteiger partial charge in [0.25, 0.3) is 0 Å². The van der Waals surface area contributed by atoms with Crippen LogP contribution in [-0.4, -0.2) is 16.1 Å². The van der Waals surface area contributed by atoms with Crippen molar-refractivity contribution in [2.24, 2.45) is 0 Å². The number of anilines is 1. The van der Waals surface area contributed by atoms with Crippen molar-refractivity contribution in [1.29, 1.82) is 0 Å². The number of phenolic OH excluding ortho intramolecular Hbond substituents is 1. The summed E-state index contributed by atoms with van der Waals surface area (Å²) in [5, 5.41) is 21.8. The SMILES string of the molecule is O=C(CC(O)c1cccc(F)c1)Nc1ccc(O)c(Cl)c1. The Bertz CT molecular complexity index is 663. The van der Waals surface area contributed by atoms with Gasteiger partial charge in [-0.3, -0.25) is 4.79 Å². The molecule has 6 heteroatoms. The Hall–Kier alpha value is -2.11. The zero-order valence-electron chi connectivity index (χ0n) is 10.9. The number of carbonyl (C=O) groups is 1. The number of halogens is 2. The number of nitrogens with one attached hydrogen (secondary N) is 1. The summed E-state index contributed by atoms with van der Waals surface area (Å²) in [4.78, 5) is 11.8. The number of aliphatic hydroxyl groups excluding tert-OH is 1. The molecule has 0 saturated heterocycles. The van der Waals surface area contributed by atoms with Crippen molar-refractivity contribution < 1.29 is 19.4 Å². The highest BCUT2D eigenvalue weighted by Crippen LogP contribution is 2.26. The molecule has 0 spiro atoms. The molecule has 0 aromatic heterocycles. The van der Waals surface area contributed by atoms with Gasteiger partial charge in [0.1, 0.15) is 11.6 Å². The number of amides is 1. The molecular weight excluding hydrogens is 297 g/mol. The maximum Gasteiger partial charge on any atom is 0.227 e. The monoisotopic (exact) mass is 309 g/mol. The summed E-state index contributed by atoms with van der Waals surface area (Å²) in [5.41, 5.74) is 0.725. The van der Waals surface area contributed by atoms with E-state index >= 15 is 0 Å². The smallest absolute Gasteiger partial charge is 0.227 e. The van der Waals surface area contributed by atoms with E-state index in [-0.39, 0.29) is 17.2 Å². The number of hydrogen-bond acceptors (Lipinski definition) is 3. The average Bonchev–Trinajstić information content (AvgIpc) is 2.43. The van der Waals surface area contributed by atoms with E-state index in [0.29, 0.717) is 11.3 Å². The number of aliphatic hydroxyl groups is 1. The van der Waals surface area contributed by atoms with Gasteiger partial charge in [-0.15, -0.1) is 0 Å². The third-order valence-electron chi connectivity index (χ3n) is 2.84. The Morgan fingerprint density at radius 1 is 1.29 bits per heavy atom. The third-order valence-corrected chi connectivity index (χ3v) is 3.15. The molecule has 2 rings (SSSR count). The van der Waals surface area contributed by atoms with Crippen molar-refractivity contribution >= 4 is 23.2 Å². The zero-order chi connectivity index (χ0) is 15.4. The van der Waals surface area contributed by atoms with Gasteiger partial charge in [-0.1, -0.05) is 23.7 Å². The van der Waals surface area contributed by atoms with E-state index in [0.717, 1.165) is 0 Å². The van der Waals surface area contributed by atoms with Gasteiger partial charge in [0, 0.05) is 5.69 Å². The van der Waals surface area contributed by atoms with Crippen LogP contribution in [0, 0.1) is 5.82 Å². The van der Waals surface area contributed by atoms with Gasteiger partial charge in [-0.05, 0) is 35.9 Å². The maximum absolute atomic E-state index is 13.0. The molecular formula is C15H13ClFNO3. The first-order chi connectivity index (χ1) is 9.95. The Labute approximate surface area is 125 Å². The van der Waals surface area contributed by atoms with Crippen LogP contribution in [0.3, 0.4) is 0 Å². The van der Waals surface area contributed by atoms with E-state index in [1.807, 2.05) is 0 Å². The van der Waals surface area contributed by atoms with Crippen LogP contribution < -0.4 is 5.32 Å². The lowest BCUT2D eigenvalue weighted by molar-refractivity contribution is -0.118. The molecule has 0 fully saturated rings. The fourth-order valence-corrected chi connectivity index (χ4v) is 1.98. The number of rotatable bonds is 4. The van der Waals surface area contributed by atoms with Gasteiger partial charge in [-0.25, -0.2) is 4.39 Å². The molecule has 2 aromatic rings. The van der Waals surface area contributed by atoms with E-state index in [2.05, 4.69) is 5.32 Å². The quantitative estimate of drug-likeness (QED) is 0.759. The Balaban J connectivity index is 1.99. The summed E-state index contributed by atoms with van der Waals surface area (Å²) < 4.78 is 13.0. The van der Waals surface area contributed by atoms with Crippen molar-refractivity contribution in [1.82, 2.24) is 0 Å². The molecule has 0 aliphatic rings. The van der Waals surface area contributed by atoms with Gasteiger partial charge in [0.15, 0.2) is 0 Å². The van der Waals surface area contributed by atoms with Gasteiger partial charge < -0.3 is 15.5 Å². The molecule has 1 amide bonds. The first-order valence-corrected chi connectivity index (χ1v) is 6.55. The second-order valence-corrected chi connectivity index (χ2v) is 4.90. The van der Waals surface area contributed by atoms with Crippen LogP contribution in [0.1, 0.15) is 18.1 Å². The number of hydrogen-bond donors (Lipinski definition) is 3. The molecule has 0 aliphatic carbocycles. The summed E-state index contributed by atoms with van der Waals surface area (Å²) in [5.74, 6) is -1.01. The normalized spacial score (nSPS) is 12.0. The third kappa shape index (κ3) is 4.18. The topological polar surface area (TPSA) is 69.6 Å². The van der Waals surface area contributed by atoms with Crippen molar-refractivity contribution in [2.45, 2.75) is 12.5 Å². The highest BCUT2D eigenvalue weighted by atomic mass is 35.5. The molecule has 3 N–H and O–H groups in total. The van der Waals surface area contributed by atoms with Gasteiger partial charge in [-0.2, -0.15) is 0 Å². The number of aromatic hydroxyl groups is 1. The van der Waals surface area contributed by atoms with Crippen molar-refractivity contribution in [3.05, 3.63) is 58.9 Å². The highest BCUT2D eigenvalue weighted by molar-refractivity contribution is 6.32. The lowest BCUT2D eigenvalue weighted by Crippen LogP contribution is -2.15. The second-order valence-electron chi connectivity index (χ2n) is 4.49. The van der Waals surface area contributed by atoms with Crippen molar-refractivity contribution in [2.75, 3.05) is 5.32 Å². The molecule has 21 heavy (non-hydrogen) atoms.